The van der Waals surface area contributed by atoms with Crippen molar-refractivity contribution >= 4 is 27.5 Å². The number of sulfonamides is 1. The number of methoxy groups -OCH3 is 1. The molecule has 4 aromatic carbocycles. The van der Waals surface area contributed by atoms with Crippen LogP contribution in [0.3, 0.4) is 0 Å². The van der Waals surface area contributed by atoms with Gasteiger partial charge < -0.3 is 15.0 Å². The lowest BCUT2D eigenvalue weighted by atomic mass is 10.0. The van der Waals surface area contributed by atoms with Gasteiger partial charge in [-0.3, -0.25) is 13.9 Å². The van der Waals surface area contributed by atoms with Gasteiger partial charge in [-0.1, -0.05) is 86.1 Å². The van der Waals surface area contributed by atoms with E-state index in [0.717, 1.165) is 22.7 Å². The second kappa shape index (κ2) is 15.9. The molecule has 1 atom stereocenters. The molecule has 236 valence electrons. The fourth-order valence-corrected chi connectivity index (χ4v) is 6.31. The molecule has 0 aliphatic carbocycles. The molecular weight excluding hydrogens is 593 g/mol. The number of anilines is 1. The van der Waals surface area contributed by atoms with Crippen molar-refractivity contribution in [2.24, 2.45) is 0 Å². The first-order valence-corrected chi connectivity index (χ1v) is 16.2. The van der Waals surface area contributed by atoms with Crippen molar-refractivity contribution < 1.29 is 27.1 Å². The maximum Gasteiger partial charge on any atom is 0.264 e. The summed E-state index contributed by atoms with van der Waals surface area (Å²) in [5, 5.41) is 2.92. The Morgan fingerprint density at radius 3 is 2.22 bits per heavy atom. The Balaban J connectivity index is 1.80. The van der Waals surface area contributed by atoms with E-state index in [9.17, 15) is 18.0 Å². The summed E-state index contributed by atoms with van der Waals surface area (Å²) in [5.41, 5.74) is 1.19. The molecule has 0 fully saturated rings. The van der Waals surface area contributed by atoms with Crippen LogP contribution in [0.2, 0.25) is 0 Å². The zero-order valence-corrected chi connectivity index (χ0v) is 26.3. The number of carbonyl (C=O) groups excluding carboxylic acids is 2. The molecular formula is C35H38FN3O5S. The molecule has 0 bridgehead atoms. The van der Waals surface area contributed by atoms with Gasteiger partial charge in [0.05, 0.1) is 17.7 Å². The number of hydrogen-bond acceptors (Lipinski definition) is 5. The molecule has 1 N–H and O–H groups in total. The van der Waals surface area contributed by atoms with E-state index in [2.05, 4.69) is 5.32 Å². The van der Waals surface area contributed by atoms with Crippen LogP contribution in [-0.4, -0.2) is 51.4 Å². The molecule has 10 heteroatoms. The van der Waals surface area contributed by atoms with Crippen molar-refractivity contribution in [2.75, 3.05) is 24.5 Å². The van der Waals surface area contributed by atoms with E-state index in [0.29, 0.717) is 12.3 Å². The molecule has 0 saturated heterocycles. The number of unbranched alkanes of at least 4 members (excludes halogenated alkanes) is 1. The molecule has 0 aliphatic rings. The highest BCUT2D eigenvalue weighted by Gasteiger charge is 2.35. The Hall–Kier alpha value is -4.70. The fourth-order valence-electron chi connectivity index (χ4n) is 4.88. The highest BCUT2D eigenvalue weighted by molar-refractivity contribution is 7.92. The average molecular weight is 632 g/mol. The number of carbonyl (C=O) groups is 2. The molecule has 0 heterocycles. The standard InChI is InChI=1S/C35H38FN3O5S/c1-3-4-22-37-35(41)33(23-27-14-7-5-8-15-27)38(25-28-16-11-12-21-32(28)36)34(40)26-39(29-17-13-18-30(24-29)44-2)45(42,43)31-19-9-6-10-20-31/h5-21,24,33H,3-4,22-23,25-26H2,1-2H3,(H,37,41)/t33-/m0/s1. The lowest BCUT2D eigenvalue weighted by Gasteiger charge is -2.34. The quantitative estimate of drug-likeness (QED) is 0.173. The molecule has 2 amide bonds. The van der Waals surface area contributed by atoms with Crippen molar-refractivity contribution in [1.29, 1.82) is 0 Å². The number of ether oxygens (including phenoxy) is 1. The molecule has 8 nitrogen and oxygen atoms in total. The van der Waals surface area contributed by atoms with E-state index in [4.69, 9.17) is 4.74 Å². The number of benzene rings is 4. The third kappa shape index (κ3) is 8.69. The minimum absolute atomic E-state index is 0.0144. The van der Waals surface area contributed by atoms with E-state index < -0.39 is 40.2 Å². The predicted octanol–water partition coefficient (Wildman–Crippen LogP) is 5.59. The highest BCUT2D eigenvalue weighted by atomic mass is 32.2. The predicted molar refractivity (Wildman–Crippen MR) is 173 cm³/mol. The van der Waals surface area contributed by atoms with Gasteiger partial charge in [-0.05, 0) is 42.3 Å². The average Bonchev–Trinajstić information content (AvgIpc) is 3.06. The first-order chi connectivity index (χ1) is 21.7. The van der Waals surface area contributed by atoms with Crippen molar-refractivity contribution in [3.05, 3.63) is 126 Å². The summed E-state index contributed by atoms with van der Waals surface area (Å²) in [7, 11) is -2.80. The van der Waals surface area contributed by atoms with Gasteiger partial charge in [0, 0.05) is 31.1 Å². The van der Waals surface area contributed by atoms with Gasteiger partial charge in [0.15, 0.2) is 0 Å². The SMILES string of the molecule is CCCCNC(=O)[C@H](Cc1ccccc1)N(Cc1ccccc1F)C(=O)CN(c1cccc(OC)c1)S(=O)(=O)c1ccccc1. The molecule has 0 saturated carbocycles. The van der Waals surface area contributed by atoms with Gasteiger partial charge in [0.1, 0.15) is 24.2 Å². The van der Waals surface area contributed by atoms with Gasteiger partial charge in [0.25, 0.3) is 10.0 Å². The minimum Gasteiger partial charge on any atom is -0.497 e. The molecule has 0 aliphatic heterocycles. The summed E-state index contributed by atoms with van der Waals surface area (Å²) in [4.78, 5) is 29.4. The summed E-state index contributed by atoms with van der Waals surface area (Å²) in [6, 6.07) is 28.4. The van der Waals surface area contributed by atoms with E-state index in [1.54, 1.807) is 54.6 Å². The monoisotopic (exact) mass is 631 g/mol. The fraction of sp³-hybridized carbons (Fsp3) is 0.257. The van der Waals surface area contributed by atoms with Crippen LogP contribution in [-0.2, 0) is 32.6 Å². The Kier molecular flexibility index (Phi) is 11.7. The number of hydrogen-bond donors (Lipinski definition) is 1. The van der Waals surface area contributed by atoms with Crippen molar-refractivity contribution in [2.45, 2.75) is 43.7 Å². The van der Waals surface area contributed by atoms with Gasteiger partial charge in [0.2, 0.25) is 11.8 Å². The first-order valence-electron chi connectivity index (χ1n) is 14.8. The van der Waals surface area contributed by atoms with Crippen LogP contribution in [0.1, 0.15) is 30.9 Å². The van der Waals surface area contributed by atoms with Crippen LogP contribution < -0.4 is 14.4 Å². The summed E-state index contributed by atoms with van der Waals surface area (Å²) in [6.07, 6.45) is 1.74. The summed E-state index contributed by atoms with van der Waals surface area (Å²) in [6.45, 7) is 1.51. The van der Waals surface area contributed by atoms with Crippen LogP contribution >= 0.6 is 0 Å². The maximum atomic E-state index is 15.0. The molecule has 4 rings (SSSR count). The second-order valence-corrected chi connectivity index (χ2v) is 12.4. The minimum atomic E-state index is -4.26. The van der Waals surface area contributed by atoms with Crippen LogP contribution in [0.5, 0.6) is 5.75 Å². The summed E-state index contributed by atoms with van der Waals surface area (Å²) in [5.74, 6) is -1.22. The van der Waals surface area contributed by atoms with Gasteiger partial charge in [-0.15, -0.1) is 0 Å². The lowest BCUT2D eigenvalue weighted by Crippen LogP contribution is -2.53. The smallest absolute Gasteiger partial charge is 0.264 e. The molecule has 0 radical (unpaired) electrons. The number of nitrogens with one attached hydrogen (secondary N) is 1. The third-order valence-corrected chi connectivity index (χ3v) is 9.14. The van der Waals surface area contributed by atoms with Gasteiger partial charge >= 0.3 is 0 Å². The molecule has 4 aromatic rings. The largest absolute Gasteiger partial charge is 0.497 e. The zero-order chi connectivity index (χ0) is 32.2. The van der Waals surface area contributed by atoms with E-state index in [1.807, 2.05) is 37.3 Å². The molecule has 0 unspecified atom stereocenters. The van der Waals surface area contributed by atoms with Crippen LogP contribution in [0.4, 0.5) is 10.1 Å². The zero-order valence-electron chi connectivity index (χ0n) is 25.4. The third-order valence-electron chi connectivity index (χ3n) is 7.35. The van der Waals surface area contributed by atoms with Crippen LogP contribution in [0, 0.1) is 5.82 Å². The van der Waals surface area contributed by atoms with Crippen molar-refractivity contribution in [3.63, 3.8) is 0 Å². The van der Waals surface area contributed by atoms with E-state index in [-0.39, 0.29) is 29.1 Å². The maximum absolute atomic E-state index is 15.0. The highest BCUT2D eigenvalue weighted by Crippen LogP contribution is 2.28. The topological polar surface area (TPSA) is 96.0 Å². The van der Waals surface area contributed by atoms with E-state index in [1.165, 1.54) is 36.3 Å². The Morgan fingerprint density at radius 2 is 1.56 bits per heavy atom. The summed E-state index contributed by atoms with van der Waals surface area (Å²) < 4.78 is 49.4. The molecule has 0 spiro atoms. The second-order valence-electron chi connectivity index (χ2n) is 10.5. The Labute approximate surface area is 264 Å². The summed E-state index contributed by atoms with van der Waals surface area (Å²) >= 11 is 0. The normalized spacial score (nSPS) is 11.8. The number of nitrogens with zero attached hydrogens (tertiary/aromatic N) is 2. The van der Waals surface area contributed by atoms with Gasteiger partial charge in [-0.2, -0.15) is 0 Å². The van der Waals surface area contributed by atoms with Crippen LogP contribution in [0.25, 0.3) is 0 Å². The van der Waals surface area contributed by atoms with E-state index >= 15 is 4.39 Å². The Bertz CT molecular complexity index is 1670. The number of amides is 2. The molecule has 0 aromatic heterocycles. The van der Waals surface area contributed by atoms with Crippen molar-refractivity contribution in [1.82, 2.24) is 10.2 Å². The Morgan fingerprint density at radius 1 is 0.889 bits per heavy atom. The number of halogens is 1. The molecule has 45 heavy (non-hydrogen) atoms. The lowest BCUT2D eigenvalue weighted by molar-refractivity contribution is -0.140. The van der Waals surface area contributed by atoms with Crippen molar-refractivity contribution in [3.8, 4) is 5.75 Å². The van der Waals surface area contributed by atoms with Gasteiger partial charge in [-0.25, -0.2) is 12.8 Å². The first kappa shape index (κ1) is 33.2. The number of rotatable bonds is 15. The van der Waals surface area contributed by atoms with Crippen LogP contribution in [0.15, 0.2) is 114 Å².